The zero-order chi connectivity index (χ0) is 12.6. The van der Waals surface area contributed by atoms with Crippen molar-refractivity contribution in [2.45, 2.75) is 13.5 Å². The first-order valence-electron chi connectivity index (χ1n) is 5.18. The van der Waals surface area contributed by atoms with Crippen molar-refractivity contribution < 1.29 is 14.3 Å². The van der Waals surface area contributed by atoms with Crippen molar-refractivity contribution in [2.75, 3.05) is 0 Å². The van der Waals surface area contributed by atoms with Crippen LogP contribution in [0.2, 0.25) is 0 Å². The molecule has 2 rings (SSSR count). The van der Waals surface area contributed by atoms with Crippen LogP contribution in [0.3, 0.4) is 0 Å². The van der Waals surface area contributed by atoms with E-state index in [0.29, 0.717) is 23.0 Å². The lowest BCUT2D eigenvalue weighted by atomic mass is 10.1. The number of halogens is 1. The van der Waals surface area contributed by atoms with Gasteiger partial charge in [0.05, 0.1) is 0 Å². The Bertz CT molecular complexity index is 613. The van der Waals surface area contributed by atoms with E-state index in [2.05, 4.69) is 6.58 Å². The van der Waals surface area contributed by atoms with Crippen LogP contribution in [0.5, 0.6) is 0 Å². The van der Waals surface area contributed by atoms with Crippen LogP contribution in [0.4, 0.5) is 4.39 Å². The number of aromatic carboxylic acids is 1. The summed E-state index contributed by atoms with van der Waals surface area (Å²) in [6.07, 6.45) is 1.62. The molecule has 0 aliphatic heterocycles. The third-order valence-electron chi connectivity index (χ3n) is 2.79. The molecule has 0 fully saturated rings. The van der Waals surface area contributed by atoms with Crippen LogP contribution in [0.1, 0.15) is 16.1 Å². The Morgan fingerprint density at radius 2 is 2.29 bits per heavy atom. The number of aromatic nitrogens is 1. The van der Waals surface area contributed by atoms with E-state index in [1.54, 1.807) is 23.6 Å². The molecule has 4 heteroatoms. The number of fused-ring (bicyclic) bond motifs is 1. The largest absolute Gasteiger partial charge is 0.477 e. The summed E-state index contributed by atoms with van der Waals surface area (Å²) in [4.78, 5) is 11.2. The van der Waals surface area contributed by atoms with Gasteiger partial charge in [-0.2, -0.15) is 0 Å². The minimum atomic E-state index is -1.01. The van der Waals surface area contributed by atoms with Gasteiger partial charge in [0.2, 0.25) is 0 Å². The van der Waals surface area contributed by atoms with Crippen LogP contribution in [0.25, 0.3) is 10.9 Å². The van der Waals surface area contributed by atoms with Crippen molar-refractivity contribution >= 4 is 16.9 Å². The van der Waals surface area contributed by atoms with Crippen LogP contribution in [0, 0.1) is 12.7 Å². The second kappa shape index (κ2) is 4.05. The molecule has 0 radical (unpaired) electrons. The molecule has 0 bridgehead atoms. The monoisotopic (exact) mass is 233 g/mol. The zero-order valence-electron chi connectivity index (χ0n) is 9.40. The van der Waals surface area contributed by atoms with E-state index in [-0.39, 0.29) is 11.5 Å². The van der Waals surface area contributed by atoms with E-state index in [1.165, 1.54) is 12.1 Å². The number of benzene rings is 1. The van der Waals surface area contributed by atoms with E-state index >= 15 is 0 Å². The van der Waals surface area contributed by atoms with Gasteiger partial charge in [0, 0.05) is 17.4 Å². The standard InChI is InChI=1S/C13H12FNO2/c1-3-6-15-11-5-4-9(14)7-10(11)8(2)12(15)13(16)17/h3-5,7H,1,6H2,2H3,(H,16,17). The van der Waals surface area contributed by atoms with Crippen LogP contribution in [0.15, 0.2) is 30.9 Å². The quantitative estimate of drug-likeness (QED) is 0.828. The van der Waals surface area contributed by atoms with Crippen molar-refractivity contribution in [1.29, 1.82) is 0 Å². The lowest BCUT2D eigenvalue weighted by Crippen LogP contribution is -2.08. The number of carboxylic acids is 1. The highest BCUT2D eigenvalue weighted by molar-refractivity contribution is 5.98. The molecule has 88 valence electrons. The molecule has 17 heavy (non-hydrogen) atoms. The minimum Gasteiger partial charge on any atom is -0.477 e. The van der Waals surface area contributed by atoms with Crippen molar-refractivity contribution in [1.82, 2.24) is 4.57 Å². The summed E-state index contributed by atoms with van der Waals surface area (Å²) >= 11 is 0. The van der Waals surface area contributed by atoms with Crippen molar-refractivity contribution in [3.8, 4) is 0 Å². The SMILES string of the molecule is C=CCn1c(C(=O)O)c(C)c2cc(F)ccc21. The molecule has 1 N–H and O–H groups in total. The number of allylic oxidation sites excluding steroid dienone is 1. The summed E-state index contributed by atoms with van der Waals surface area (Å²) in [5, 5.41) is 9.82. The molecule has 0 aliphatic carbocycles. The first-order chi connectivity index (χ1) is 8.06. The molecule has 0 amide bonds. The number of rotatable bonds is 3. The predicted molar refractivity (Wildman–Crippen MR) is 63.8 cm³/mol. The molecule has 1 aromatic heterocycles. The van der Waals surface area contributed by atoms with Gasteiger partial charge in [0.1, 0.15) is 11.5 Å². The van der Waals surface area contributed by atoms with E-state index in [0.717, 1.165) is 0 Å². The van der Waals surface area contributed by atoms with Crippen LogP contribution in [-0.4, -0.2) is 15.6 Å². The van der Waals surface area contributed by atoms with Gasteiger partial charge in [0.15, 0.2) is 0 Å². The lowest BCUT2D eigenvalue weighted by Gasteiger charge is -2.04. The maximum absolute atomic E-state index is 13.2. The third-order valence-corrected chi connectivity index (χ3v) is 2.79. The van der Waals surface area contributed by atoms with Gasteiger partial charge in [-0.05, 0) is 30.7 Å². The van der Waals surface area contributed by atoms with Gasteiger partial charge in [-0.25, -0.2) is 9.18 Å². The Balaban J connectivity index is 2.87. The predicted octanol–water partition coefficient (Wildman–Crippen LogP) is 2.97. The van der Waals surface area contributed by atoms with Gasteiger partial charge in [-0.1, -0.05) is 6.08 Å². The maximum atomic E-state index is 13.2. The average molecular weight is 233 g/mol. The molecule has 0 saturated heterocycles. The van der Waals surface area contributed by atoms with E-state index < -0.39 is 5.97 Å². The fourth-order valence-electron chi connectivity index (χ4n) is 2.09. The highest BCUT2D eigenvalue weighted by Crippen LogP contribution is 2.26. The Kier molecular flexibility index (Phi) is 2.71. The summed E-state index contributed by atoms with van der Waals surface area (Å²) in [5.74, 6) is -1.38. The van der Waals surface area contributed by atoms with E-state index in [9.17, 15) is 14.3 Å². The van der Waals surface area contributed by atoms with Gasteiger partial charge >= 0.3 is 5.97 Å². The Morgan fingerprint density at radius 1 is 1.59 bits per heavy atom. The molecule has 0 atom stereocenters. The Labute approximate surface area is 97.8 Å². The summed E-state index contributed by atoms with van der Waals surface area (Å²) < 4.78 is 14.8. The Hall–Kier alpha value is -2.10. The second-order valence-corrected chi connectivity index (χ2v) is 3.84. The second-order valence-electron chi connectivity index (χ2n) is 3.84. The zero-order valence-corrected chi connectivity index (χ0v) is 9.40. The van der Waals surface area contributed by atoms with E-state index in [1.807, 2.05) is 0 Å². The minimum absolute atomic E-state index is 0.186. The summed E-state index contributed by atoms with van der Waals surface area (Å²) in [7, 11) is 0. The molecule has 3 nitrogen and oxygen atoms in total. The summed E-state index contributed by atoms with van der Waals surface area (Å²) in [5.41, 5.74) is 1.47. The maximum Gasteiger partial charge on any atom is 0.352 e. The number of aryl methyl sites for hydroxylation is 1. The topological polar surface area (TPSA) is 42.2 Å². The number of carbonyl (C=O) groups is 1. The number of carboxylic acid groups (broad SMARTS) is 1. The van der Waals surface area contributed by atoms with Gasteiger partial charge in [-0.15, -0.1) is 6.58 Å². The molecular weight excluding hydrogens is 221 g/mol. The molecule has 2 aromatic rings. The molecular formula is C13H12FNO2. The van der Waals surface area contributed by atoms with Crippen molar-refractivity contribution in [2.24, 2.45) is 0 Å². The molecule has 1 aromatic carbocycles. The van der Waals surface area contributed by atoms with Gasteiger partial charge < -0.3 is 9.67 Å². The molecule has 0 aliphatic rings. The molecule has 0 saturated carbocycles. The number of hydrogen-bond donors (Lipinski definition) is 1. The highest BCUT2D eigenvalue weighted by atomic mass is 19.1. The molecule has 0 unspecified atom stereocenters. The van der Waals surface area contributed by atoms with Crippen molar-refractivity contribution in [3.05, 3.63) is 47.9 Å². The fraction of sp³-hybridized carbons (Fsp3) is 0.154. The summed E-state index contributed by atoms with van der Waals surface area (Å²) in [6.45, 7) is 5.67. The van der Waals surface area contributed by atoms with Gasteiger partial charge in [-0.3, -0.25) is 0 Å². The van der Waals surface area contributed by atoms with Crippen molar-refractivity contribution in [3.63, 3.8) is 0 Å². The van der Waals surface area contributed by atoms with Gasteiger partial charge in [0.25, 0.3) is 0 Å². The normalized spacial score (nSPS) is 10.7. The third kappa shape index (κ3) is 1.71. The van der Waals surface area contributed by atoms with Crippen LogP contribution in [-0.2, 0) is 6.54 Å². The Morgan fingerprint density at radius 3 is 2.88 bits per heavy atom. The van der Waals surface area contributed by atoms with E-state index in [4.69, 9.17) is 0 Å². The van der Waals surface area contributed by atoms with Crippen LogP contribution >= 0.6 is 0 Å². The first-order valence-corrected chi connectivity index (χ1v) is 5.18. The highest BCUT2D eigenvalue weighted by Gasteiger charge is 2.18. The molecule has 0 spiro atoms. The first kappa shape index (κ1) is 11.4. The molecule has 1 heterocycles. The lowest BCUT2D eigenvalue weighted by molar-refractivity contribution is 0.0685. The number of hydrogen-bond acceptors (Lipinski definition) is 1. The summed E-state index contributed by atoms with van der Waals surface area (Å²) in [6, 6.07) is 4.28. The fourth-order valence-corrected chi connectivity index (χ4v) is 2.09. The average Bonchev–Trinajstić information content (AvgIpc) is 2.53. The van der Waals surface area contributed by atoms with Crippen LogP contribution < -0.4 is 0 Å². The smallest absolute Gasteiger partial charge is 0.352 e. The number of nitrogens with zero attached hydrogens (tertiary/aromatic N) is 1.